The van der Waals surface area contributed by atoms with Crippen LogP contribution in [0.15, 0.2) is 24.5 Å². The molecule has 0 aliphatic rings. The van der Waals surface area contributed by atoms with Gasteiger partial charge < -0.3 is 0 Å². The lowest BCUT2D eigenvalue weighted by Gasteiger charge is -2.22. The summed E-state index contributed by atoms with van der Waals surface area (Å²) in [5.74, 6) is 0. The van der Waals surface area contributed by atoms with Crippen LogP contribution in [0.1, 0.15) is 24.5 Å². The molecule has 0 atom stereocenters. The number of halogens is 3. The van der Waals surface area contributed by atoms with Gasteiger partial charge in [0, 0.05) is 0 Å². The van der Waals surface area contributed by atoms with Gasteiger partial charge in [-0.2, -0.15) is 18.3 Å². The third-order valence-electron chi connectivity index (χ3n) is 3.62. The molecule has 0 spiro atoms. The molecule has 0 fully saturated rings. The van der Waals surface area contributed by atoms with E-state index >= 15 is 0 Å². The van der Waals surface area contributed by atoms with Crippen molar-refractivity contribution < 1.29 is 13.2 Å². The van der Waals surface area contributed by atoms with Gasteiger partial charge in [0.25, 0.3) is 0 Å². The first-order valence-electron chi connectivity index (χ1n) is 7.72. The number of rotatable bonds is 6. The maximum atomic E-state index is 12.7. The van der Waals surface area contributed by atoms with Crippen LogP contribution < -0.4 is 0 Å². The van der Waals surface area contributed by atoms with Crippen molar-refractivity contribution in [2.45, 2.75) is 40.0 Å². The maximum absolute atomic E-state index is 12.7. The van der Waals surface area contributed by atoms with Gasteiger partial charge in [-0.25, -0.2) is 4.68 Å². The zero-order valence-electron chi connectivity index (χ0n) is 14.0. The van der Waals surface area contributed by atoms with Gasteiger partial charge in [-0.05, 0) is 50.7 Å². The SMILES string of the molecule is CCCN(Cn1ncn(-c2ccc(C)cc2C)c1=S)CC(F)(F)F. The Kier molecular flexibility index (Phi) is 5.82. The summed E-state index contributed by atoms with van der Waals surface area (Å²) in [7, 11) is 0. The second-order valence-electron chi connectivity index (χ2n) is 5.88. The van der Waals surface area contributed by atoms with Crippen LogP contribution in [0.4, 0.5) is 13.2 Å². The van der Waals surface area contributed by atoms with Crippen molar-refractivity contribution in [1.29, 1.82) is 0 Å². The molecule has 0 saturated carbocycles. The molecule has 0 unspecified atom stereocenters. The smallest absolute Gasteiger partial charge is 0.276 e. The van der Waals surface area contributed by atoms with Crippen molar-refractivity contribution in [1.82, 2.24) is 19.2 Å². The largest absolute Gasteiger partial charge is 0.401 e. The molecule has 1 heterocycles. The standard InChI is InChI=1S/C16H21F3N4S/c1-4-7-21(9-16(17,18)19)11-23-15(24)22(10-20-23)14-6-5-12(2)8-13(14)3/h5-6,8,10H,4,7,9,11H2,1-3H3. The number of aryl methyl sites for hydroxylation is 2. The highest BCUT2D eigenvalue weighted by molar-refractivity contribution is 7.71. The van der Waals surface area contributed by atoms with Crippen molar-refractivity contribution in [2.24, 2.45) is 0 Å². The second kappa shape index (κ2) is 7.48. The first-order valence-corrected chi connectivity index (χ1v) is 8.13. The van der Waals surface area contributed by atoms with Crippen LogP contribution in [0, 0.1) is 18.6 Å². The average Bonchev–Trinajstić information content (AvgIpc) is 2.79. The number of benzene rings is 1. The summed E-state index contributed by atoms with van der Waals surface area (Å²) in [6.07, 6.45) is -2.06. The summed E-state index contributed by atoms with van der Waals surface area (Å²) in [6.45, 7) is 5.19. The molecule has 4 nitrogen and oxygen atoms in total. The Labute approximate surface area is 144 Å². The lowest BCUT2D eigenvalue weighted by Crippen LogP contribution is -2.36. The van der Waals surface area contributed by atoms with Gasteiger partial charge in [-0.15, -0.1) is 0 Å². The first kappa shape index (κ1) is 18.7. The van der Waals surface area contributed by atoms with Gasteiger partial charge in [0.1, 0.15) is 6.33 Å². The summed E-state index contributed by atoms with van der Waals surface area (Å²) >= 11 is 5.40. The number of hydrogen-bond acceptors (Lipinski definition) is 3. The molecular formula is C16H21F3N4S. The molecule has 0 saturated heterocycles. The zero-order chi connectivity index (χ0) is 17.9. The quantitative estimate of drug-likeness (QED) is 0.722. The molecule has 0 aliphatic heterocycles. The normalized spacial score (nSPS) is 12.1. The van der Waals surface area contributed by atoms with Crippen LogP contribution in [0.5, 0.6) is 0 Å². The third-order valence-corrected chi connectivity index (χ3v) is 4.03. The average molecular weight is 358 g/mol. The van der Waals surface area contributed by atoms with Crippen molar-refractivity contribution in [2.75, 3.05) is 13.1 Å². The van der Waals surface area contributed by atoms with E-state index in [-0.39, 0.29) is 6.67 Å². The molecule has 0 aliphatic carbocycles. The lowest BCUT2D eigenvalue weighted by atomic mass is 10.1. The highest BCUT2D eigenvalue weighted by atomic mass is 32.1. The van der Waals surface area contributed by atoms with E-state index in [1.54, 1.807) is 10.9 Å². The number of hydrogen-bond donors (Lipinski definition) is 0. The van der Waals surface area contributed by atoms with E-state index in [0.29, 0.717) is 17.7 Å². The van der Waals surface area contributed by atoms with Crippen LogP contribution in [-0.4, -0.2) is 38.5 Å². The zero-order valence-corrected chi connectivity index (χ0v) is 14.8. The summed E-state index contributed by atoms with van der Waals surface area (Å²) in [5.41, 5.74) is 3.05. The molecule has 24 heavy (non-hydrogen) atoms. The molecule has 8 heteroatoms. The van der Waals surface area contributed by atoms with E-state index in [2.05, 4.69) is 5.10 Å². The van der Waals surface area contributed by atoms with Gasteiger partial charge in [0.05, 0.1) is 18.9 Å². The van der Waals surface area contributed by atoms with Crippen molar-refractivity contribution >= 4 is 12.2 Å². The molecule has 0 radical (unpaired) electrons. The van der Waals surface area contributed by atoms with Gasteiger partial charge in [-0.3, -0.25) is 9.47 Å². The van der Waals surface area contributed by atoms with E-state index in [1.165, 1.54) is 9.58 Å². The van der Waals surface area contributed by atoms with Crippen LogP contribution in [0.25, 0.3) is 5.69 Å². The minimum atomic E-state index is -4.24. The van der Waals surface area contributed by atoms with Gasteiger partial charge in [0.2, 0.25) is 4.77 Å². The van der Waals surface area contributed by atoms with Gasteiger partial charge in [-0.1, -0.05) is 24.6 Å². The molecular weight excluding hydrogens is 337 g/mol. The summed E-state index contributed by atoms with van der Waals surface area (Å²) in [4.78, 5) is 1.30. The van der Waals surface area contributed by atoms with E-state index in [9.17, 15) is 13.2 Å². The first-order chi connectivity index (χ1) is 11.2. The molecule has 1 aromatic heterocycles. The topological polar surface area (TPSA) is 26.0 Å². The van der Waals surface area contributed by atoms with Gasteiger partial charge in [0.15, 0.2) is 0 Å². The van der Waals surface area contributed by atoms with Crippen LogP contribution in [0.2, 0.25) is 0 Å². The minimum Gasteiger partial charge on any atom is -0.276 e. The Morgan fingerprint density at radius 3 is 2.54 bits per heavy atom. The van der Waals surface area contributed by atoms with Crippen LogP contribution in [-0.2, 0) is 6.67 Å². The Hall–Kier alpha value is -1.67. The summed E-state index contributed by atoms with van der Waals surface area (Å²) in [6, 6.07) is 5.93. The van der Waals surface area contributed by atoms with Crippen LogP contribution >= 0.6 is 12.2 Å². The van der Waals surface area contributed by atoms with Crippen LogP contribution in [0.3, 0.4) is 0 Å². The number of aromatic nitrogens is 3. The fraction of sp³-hybridized carbons (Fsp3) is 0.500. The Morgan fingerprint density at radius 1 is 1.25 bits per heavy atom. The molecule has 1 aromatic carbocycles. The lowest BCUT2D eigenvalue weighted by molar-refractivity contribution is -0.149. The summed E-state index contributed by atoms with van der Waals surface area (Å²) in [5, 5.41) is 4.17. The highest BCUT2D eigenvalue weighted by Gasteiger charge is 2.30. The Balaban J connectivity index is 2.27. The highest BCUT2D eigenvalue weighted by Crippen LogP contribution is 2.18. The predicted octanol–water partition coefficient (Wildman–Crippen LogP) is 4.25. The maximum Gasteiger partial charge on any atom is 0.401 e. The van der Waals surface area contributed by atoms with Gasteiger partial charge >= 0.3 is 6.18 Å². The molecule has 2 aromatic rings. The number of nitrogens with zero attached hydrogens (tertiary/aromatic N) is 4. The van der Waals surface area contributed by atoms with E-state index < -0.39 is 12.7 Å². The molecule has 0 amide bonds. The van der Waals surface area contributed by atoms with E-state index in [1.807, 2.05) is 39.0 Å². The molecule has 2 rings (SSSR count). The third kappa shape index (κ3) is 4.67. The fourth-order valence-electron chi connectivity index (χ4n) is 2.63. The molecule has 0 N–H and O–H groups in total. The number of alkyl halides is 3. The van der Waals surface area contributed by atoms with Crippen molar-refractivity contribution in [3.63, 3.8) is 0 Å². The van der Waals surface area contributed by atoms with E-state index in [0.717, 1.165) is 16.8 Å². The molecule has 0 bridgehead atoms. The van der Waals surface area contributed by atoms with Crippen molar-refractivity contribution in [3.8, 4) is 5.69 Å². The summed E-state index contributed by atoms with van der Waals surface area (Å²) < 4.78 is 41.6. The van der Waals surface area contributed by atoms with Crippen molar-refractivity contribution in [3.05, 3.63) is 40.4 Å². The molecule has 132 valence electrons. The van der Waals surface area contributed by atoms with E-state index in [4.69, 9.17) is 12.2 Å². The predicted molar refractivity (Wildman–Crippen MR) is 89.8 cm³/mol. The second-order valence-corrected chi connectivity index (χ2v) is 6.25. The Bertz CT molecular complexity index is 749. The Morgan fingerprint density at radius 2 is 1.96 bits per heavy atom. The monoisotopic (exact) mass is 358 g/mol. The fourth-order valence-corrected chi connectivity index (χ4v) is 2.88. The minimum absolute atomic E-state index is 0.0179.